The zero-order chi connectivity index (χ0) is 12.3. The normalized spacial score (nSPS) is 15.7. The van der Waals surface area contributed by atoms with Gasteiger partial charge in [-0.05, 0) is 6.92 Å². The summed E-state index contributed by atoms with van der Waals surface area (Å²) < 4.78 is 0. The first-order valence-corrected chi connectivity index (χ1v) is 5.32. The van der Waals surface area contributed by atoms with Gasteiger partial charge in [-0.25, -0.2) is 9.97 Å². The number of imide groups is 1. The van der Waals surface area contributed by atoms with E-state index < -0.39 is 0 Å². The Morgan fingerprint density at radius 2 is 2.06 bits per heavy atom. The monoisotopic (exact) mass is 235 g/mol. The first-order chi connectivity index (χ1) is 8.19. The molecule has 0 bridgehead atoms. The summed E-state index contributed by atoms with van der Waals surface area (Å²) in [6, 6.07) is 1.72. The summed E-state index contributed by atoms with van der Waals surface area (Å²) in [6.07, 6.45) is 1.41. The van der Waals surface area contributed by atoms with Gasteiger partial charge in [-0.1, -0.05) is 0 Å². The maximum absolute atomic E-state index is 11.2. The highest BCUT2D eigenvalue weighted by Gasteiger charge is 2.23. The number of carbonyl (C=O) groups is 2. The summed E-state index contributed by atoms with van der Waals surface area (Å²) in [5.74, 6) is 0.616. The van der Waals surface area contributed by atoms with Crippen molar-refractivity contribution in [2.75, 3.05) is 29.9 Å². The number of nitrogens with one attached hydrogen (secondary N) is 2. The van der Waals surface area contributed by atoms with Gasteiger partial charge < -0.3 is 10.2 Å². The minimum Gasteiger partial charge on any atom is -0.370 e. The molecule has 0 radical (unpaired) electrons. The Balaban J connectivity index is 2.18. The van der Waals surface area contributed by atoms with Crippen molar-refractivity contribution in [1.29, 1.82) is 0 Å². The van der Waals surface area contributed by atoms with Crippen LogP contribution >= 0.6 is 0 Å². The van der Waals surface area contributed by atoms with E-state index >= 15 is 0 Å². The van der Waals surface area contributed by atoms with E-state index in [9.17, 15) is 9.59 Å². The first-order valence-electron chi connectivity index (χ1n) is 5.32. The van der Waals surface area contributed by atoms with Gasteiger partial charge in [-0.2, -0.15) is 0 Å². The molecule has 0 atom stereocenters. The van der Waals surface area contributed by atoms with E-state index in [1.807, 2.05) is 6.92 Å². The summed E-state index contributed by atoms with van der Waals surface area (Å²) >= 11 is 0. The summed E-state index contributed by atoms with van der Waals surface area (Å²) in [6.45, 7) is 2.97. The molecular weight excluding hydrogens is 222 g/mol. The van der Waals surface area contributed by atoms with Crippen LogP contribution in [-0.2, 0) is 9.59 Å². The fourth-order valence-corrected chi connectivity index (χ4v) is 1.60. The lowest BCUT2D eigenvalue weighted by molar-refractivity contribution is -0.130. The molecule has 2 heterocycles. The molecule has 1 aliphatic heterocycles. The third kappa shape index (κ3) is 2.68. The van der Waals surface area contributed by atoms with Crippen molar-refractivity contribution in [3.63, 3.8) is 0 Å². The number of amides is 2. The van der Waals surface area contributed by atoms with Crippen molar-refractivity contribution in [2.45, 2.75) is 6.92 Å². The fraction of sp³-hybridized carbons (Fsp3) is 0.400. The zero-order valence-corrected chi connectivity index (χ0v) is 9.43. The van der Waals surface area contributed by atoms with Crippen molar-refractivity contribution in [1.82, 2.24) is 15.3 Å². The lowest BCUT2D eigenvalue weighted by atomic mass is 10.3. The molecule has 0 unspecified atom stereocenters. The van der Waals surface area contributed by atoms with Gasteiger partial charge in [0.15, 0.2) is 0 Å². The van der Waals surface area contributed by atoms with E-state index in [-0.39, 0.29) is 24.9 Å². The Hall–Kier alpha value is -2.18. The van der Waals surface area contributed by atoms with Crippen LogP contribution in [0.15, 0.2) is 12.4 Å². The van der Waals surface area contributed by atoms with Gasteiger partial charge in [-0.3, -0.25) is 14.9 Å². The van der Waals surface area contributed by atoms with Crippen molar-refractivity contribution in [3.05, 3.63) is 12.4 Å². The van der Waals surface area contributed by atoms with Gasteiger partial charge in [0.05, 0.1) is 13.1 Å². The van der Waals surface area contributed by atoms with Crippen LogP contribution in [0.3, 0.4) is 0 Å². The van der Waals surface area contributed by atoms with Crippen molar-refractivity contribution in [3.8, 4) is 0 Å². The van der Waals surface area contributed by atoms with Crippen LogP contribution in [0.1, 0.15) is 6.92 Å². The Labute approximate surface area is 98.2 Å². The third-order valence-corrected chi connectivity index (χ3v) is 2.28. The molecule has 7 heteroatoms. The predicted octanol–water partition coefficient (Wildman–Crippen LogP) is -0.629. The molecule has 2 amide bonds. The van der Waals surface area contributed by atoms with Crippen molar-refractivity contribution >= 4 is 23.5 Å². The van der Waals surface area contributed by atoms with Gasteiger partial charge in [0.2, 0.25) is 11.8 Å². The topological polar surface area (TPSA) is 87.2 Å². The number of carbonyl (C=O) groups excluding carboxylic acids is 2. The molecule has 90 valence electrons. The van der Waals surface area contributed by atoms with Crippen LogP contribution in [0, 0.1) is 0 Å². The Kier molecular flexibility index (Phi) is 3.17. The summed E-state index contributed by atoms with van der Waals surface area (Å²) in [5.41, 5.74) is 0. The van der Waals surface area contributed by atoms with Crippen LogP contribution in [0.2, 0.25) is 0 Å². The van der Waals surface area contributed by atoms with E-state index in [0.29, 0.717) is 11.6 Å². The van der Waals surface area contributed by atoms with Gasteiger partial charge in [0.25, 0.3) is 0 Å². The number of anilines is 2. The molecule has 17 heavy (non-hydrogen) atoms. The van der Waals surface area contributed by atoms with Gasteiger partial charge >= 0.3 is 0 Å². The highest BCUT2D eigenvalue weighted by molar-refractivity contribution is 6.02. The summed E-state index contributed by atoms with van der Waals surface area (Å²) in [4.78, 5) is 32.2. The number of rotatable bonds is 3. The molecule has 1 aromatic rings. The number of piperazine rings is 1. The second kappa shape index (κ2) is 4.77. The predicted molar refractivity (Wildman–Crippen MR) is 61.6 cm³/mol. The SMILES string of the molecule is CCNc1cc(N2CC(=O)NC(=O)C2)ncn1. The van der Waals surface area contributed by atoms with Crippen molar-refractivity contribution in [2.24, 2.45) is 0 Å². The zero-order valence-electron chi connectivity index (χ0n) is 9.43. The Morgan fingerprint density at radius 3 is 2.71 bits per heavy atom. The molecule has 2 rings (SSSR count). The van der Waals surface area contributed by atoms with Gasteiger partial charge in [0.1, 0.15) is 18.0 Å². The van der Waals surface area contributed by atoms with Crippen LogP contribution in [0.4, 0.5) is 11.6 Å². The molecule has 1 fully saturated rings. The largest absolute Gasteiger partial charge is 0.370 e. The average Bonchev–Trinajstić information content (AvgIpc) is 2.28. The summed E-state index contributed by atoms with van der Waals surface area (Å²) in [5, 5.41) is 5.29. The smallest absolute Gasteiger partial charge is 0.246 e. The Bertz CT molecular complexity index is 432. The molecule has 0 saturated carbocycles. The molecule has 1 saturated heterocycles. The Morgan fingerprint density at radius 1 is 1.35 bits per heavy atom. The minimum atomic E-state index is -0.315. The van der Waals surface area contributed by atoms with Gasteiger partial charge in [-0.15, -0.1) is 0 Å². The second-order valence-electron chi connectivity index (χ2n) is 3.62. The van der Waals surface area contributed by atoms with Gasteiger partial charge in [0, 0.05) is 12.6 Å². The maximum atomic E-state index is 11.2. The minimum absolute atomic E-state index is 0.133. The molecule has 1 aromatic heterocycles. The number of hydrogen-bond acceptors (Lipinski definition) is 6. The van der Waals surface area contributed by atoms with E-state index in [1.165, 1.54) is 6.33 Å². The molecular formula is C10H13N5O2. The van der Waals surface area contributed by atoms with Crippen molar-refractivity contribution < 1.29 is 9.59 Å². The molecule has 7 nitrogen and oxygen atoms in total. The number of nitrogens with zero attached hydrogens (tertiary/aromatic N) is 3. The number of hydrogen-bond donors (Lipinski definition) is 2. The standard InChI is InChI=1S/C10H13N5O2/c1-2-11-7-3-8(13-6-12-7)15-4-9(16)14-10(17)5-15/h3,6H,2,4-5H2,1H3,(H,11,12,13)(H,14,16,17). The molecule has 0 aliphatic carbocycles. The molecule has 1 aliphatic rings. The third-order valence-electron chi connectivity index (χ3n) is 2.28. The van der Waals surface area contributed by atoms with Crippen LogP contribution < -0.4 is 15.5 Å². The quantitative estimate of drug-likeness (QED) is 0.678. The van der Waals surface area contributed by atoms with Crippen LogP contribution in [-0.4, -0.2) is 41.4 Å². The molecule has 2 N–H and O–H groups in total. The van der Waals surface area contributed by atoms with Crippen LogP contribution in [0.25, 0.3) is 0 Å². The van der Waals surface area contributed by atoms with E-state index in [2.05, 4.69) is 20.6 Å². The van der Waals surface area contributed by atoms with E-state index in [4.69, 9.17) is 0 Å². The highest BCUT2D eigenvalue weighted by atomic mass is 16.2. The lowest BCUT2D eigenvalue weighted by Crippen LogP contribution is -2.51. The molecule has 0 spiro atoms. The average molecular weight is 235 g/mol. The van der Waals surface area contributed by atoms with E-state index in [0.717, 1.165) is 6.54 Å². The first kappa shape index (κ1) is 11.3. The van der Waals surface area contributed by atoms with Crippen LogP contribution in [0.5, 0.6) is 0 Å². The highest BCUT2D eigenvalue weighted by Crippen LogP contribution is 2.14. The second-order valence-corrected chi connectivity index (χ2v) is 3.62. The fourth-order valence-electron chi connectivity index (χ4n) is 1.60. The van der Waals surface area contributed by atoms with E-state index in [1.54, 1.807) is 11.0 Å². The maximum Gasteiger partial charge on any atom is 0.246 e. The summed E-state index contributed by atoms with van der Waals surface area (Å²) in [7, 11) is 0. The lowest BCUT2D eigenvalue weighted by Gasteiger charge is -2.26. The molecule has 0 aromatic carbocycles. The number of aromatic nitrogens is 2.